The standard InChI is InChI=1S/C10H14F2N2/c1-7(5-13)14-6-8-2-3-9(11)4-10(8)12/h2-4,7,14H,5-6,13H2,1H3. The summed E-state index contributed by atoms with van der Waals surface area (Å²) in [6, 6.07) is 3.68. The molecule has 3 N–H and O–H groups in total. The first-order valence-corrected chi connectivity index (χ1v) is 4.51. The maximum absolute atomic E-state index is 13.1. The van der Waals surface area contributed by atoms with Gasteiger partial charge in [-0.3, -0.25) is 0 Å². The Hall–Kier alpha value is -1.00. The first-order valence-electron chi connectivity index (χ1n) is 4.51. The molecule has 0 aliphatic rings. The van der Waals surface area contributed by atoms with Crippen LogP contribution in [0.2, 0.25) is 0 Å². The fourth-order valence-electron chi connectivity index (χ4n) is 1.03. The molecule has 1 aromatic carbocycles. The lowest BCUT2D eigenvalue weighted by atomic mass is 10.2. The largest absolute Gasteiger partial charge is 0.329 e. The number of nitrogens with two attached hydrogens (primary N) is 1. The lowest BCUT2D eigenvalue weighted by Gasteiger charge is -2.11. The van der Waals surface area contributed by atoms with Gasteiger partial charge in [0.25, 0.3) is 0 Å². The molecular formula is C10H14F2N2. The molecule has 1 unspecified atom stereocenters. The van der Waals surface area contributed by atoms with Crippen LogP contribution in [0.15, 0.2) is 18.2 Å². The third-order valence-electron chi connectivity index (χ3n) is 2.01. The normalized spacial score (nSPS) is 12.9. The second-order valence-corrected chi connectivity index (χ2v) is 3.25. The quantitative estimate of drug-likeness (QED) is 0.771. The van der Waals surface area contributed by atoms with Crippen molar-refractivity contribution in [3.05, 3.63) is 35.4 Å². The van der Waals surface area contributed by atoms with Crippen LogP contribution in [-0.2, 0) is 6.54 Å². The summed E-state index contributed by atoms with van der Waals surface area (Å²) in [6.07, 6.45) is 0. The van der Waals surface area contributed by atoms with Crippen molar-refractivity contribution >= 4 is 0 Å². The van der Waals surface area contributed by atoms with Crippen molar-refractivity contribution in [2.75, 3.05) is 6.54 Å². The summed E-state index contributed by atoms with van der Waals surface area (Å²) >= 11 is 0. The second kappa shape index (κ2) is 5.02. The third-order valence-corrected chi connectivity index (χ3v) is 2.01. The molecule has 0 fully saturated rings. The van der Waals surface area contributed by atoms with Crippen molar-refractivity contribution in [1.29, 1.82) is 0 Å². The van der Waals surface area contributed by atoms with Gasteiger partial charge >= 0.3 is 0 Å². The Balaban J connectivity index is 2.59. The SMILES string of the molecule is CC(CN)NCc1ccc(F)cc1F. The number of nitrogens with one attached hydrogen (secondary N) is 1. The van der Waals surface area contributed by atoms with Crippen LogP contribution in [0, 0.1) is 11.6 Å². The molecule has 78 valence electrons. The molecular weight excluding hydrogens is 186 g/mol. The van der Waals surface area contributed by atoms with Gasteiger partial charge in [-0.25, -0.2) is 8.78 Å². The van der Waals surface area contributed by atoms with E-state index < -0.39 is 11.6 Å². The van der Waals surface area contributed by atoms with Gasteiger partial charge in [0.2, 0.25) is 0 Å². The van der Waals surface area contributed by atoms with Crippen molar-refractivity contribution in [2.45, 2.75) is 19.5 Å². The van der Waals surface area contributed by atoms with Gasteiger partial charge in [0.05, 0.1) is 0 Å². The van der Waals surface area contributed by atoms with E-state index in [4.69, 9.17) is 5.73 Å². The van der Waals surface area contributed by atoms with Gasteiger partial charge in [-0.2, -0.15) is 0 Å². The van der Waals surface area contributed by atoms with Crippen LogP contribution in [0.4, 0.5) is 8.78 Å². The minimum Gasteiger partial charge on any atom is -0.329 e. The average molecular weight is 200 g/mol. The van der Waals surface area contributed by atoms with E-state index in [9.17, 15) is 8.78 Å². The zero-order valence-electron chi connectivity index (χ0n) is 8.06. The number of hydrogen-bond donors (Lipinski definition) is 2. The van der Waals surface area contributed by atoms with Gasteiger partial charge < -0.3 is 11.1 Å². The van der Waals surface area contributed by atoms with Gasteiger partial charge in [0.1, 0.15) is 11.6 Å². The van der Waals surface area contributed by atoms with Gasteiger partial charge in [-0.05, 0) is 13.0 Å². The predicted octanol–water partition coefficient (Wildman–Crippen LogP) is 1.40. The Morgan fingerprint density at radius 3 is 2.71 bits per heavy atom. The number of benzene rings is 1. The summed E-state index contributed by atoms with van der Waals surface area (Å²) in [6.45, 7) is 2.76. The topological polar surface area (TPSA) is 38.0 Å². The van der Waals surface area contributed by atoms with Gasteiger partial charge in [-0.1, -0.05) is 6.07 Å². The summed E-state index contributed by atoms with van der Waals surface area (Å²) in [5.41, 5.74) is 5.83. The molecule has 1 rings (SSSR count). The molecule has 1 aromatic rings. The fraction of sp³-hybridized carbons (Fsp3) is 0.400. The Labute approximate surface area is 82.1 Å². The van der Waals surface area contributed by atoms with Gasteiger partial charge in [0, 0.05) is 30.8 Å². The minimum absolute atomic E-state index is 0.124. The smallest absolute Gasteiger partial charge is 0.130 e. The van der Waals surface area contributed by atoms with Crippen LogP contribution in [0.3, 0.4) is 0 Å². The summed E-state index contributed by atoms with van der Waals surface area (Å²) in [5.74, 6) is -1.08. The van der Waals surface area contributed by atoms with E-state index in [1.807, 2.05) is 6.92 Å². The van der Waals surface area contributed by atoms with E-state index in [0.717, 1.165) is 6.07 Å². The maximum Gasteiger partial charge on any atom is 0.130 e. The zero-order valence-corrected chi connectivity index (χ0v) is 8.06. The first kappa shape index (κ1) is 11.1. The minimum atomic E-state index is -0.557. The molecule has 0 amide bonds. The number of rotatable bonds is 4. The molecule has 14 heavy (non-hydrogen) atoms. The monoisotopic (exact) mass is 200 g/mol. The molecule has 0 saturated heterocycles. The Bertz CT molecular complexity index is 302. The Morgan fingerprint density at radius 2 is 2.14 bits per heavy atom. The molecule has 0 bridgehead atoms. The van der Waals surface area contributed by atoms with E-state index in [-0.39, 0.29) is 6.04 Å². The fourth-order valence-corrected chi connectivity index (χ4v) is 1.03. The molecule has 0 heterocycles. The Kier molecular flexibility index (Phi) is 3.98. The van der Waals surface area contributed by atoms with Crippen molar-refractivity contribution in [2.24, 2.45) is 5.73 Å². The second-order valence-electron chi connectivity index (χ2n) is 3.25. The average Bonchev–Trinajstić information content (AvgIpc) is 2.16. The van der Waals surface area contributed by atoms with Gasteiger partial charge in [0.15, 0.2) is 0 Å². The maximum atomic E-state index is 13.1. The highest BCUT2D eigenvalue weighted by Gasteiger charge is 2.04. The molecule has 2 nitrogen and oxygen atoms in total. The summed E-state index contributed by atoms with van der Waals surface area (Å²) in [7, 11) is 0. The molecule has 4 heteroatoms. The van der Waals surface area contributed by atoms with Crippen LogP contribution in [0.25, 0.3) is 0 Å². The molecule has 0 aromatic heterocycles. The summed E-state index contributed by atoms with van der Waals surface area (Å²) in [4.78, 5) is 0. The first-order chi connectivity index (χ1) is 6.63. The van der Waals surface area contributed by atoms with Crippen LogP contribution in [-0.4, -0.2) is 12.6 Å². The highest BCUT2D eigenvalue weighted by molar-refractivity contribution is 5.18. The summed E-state index contributed by atoms with van der Waals surface area (Å²) in [5, 5.41) is 3.02. The van der Waals surface area contributed by atoms with E-state index in [2.05, 4.69) is 5.32 Å². The van der Waals surface area contributed by atoms with Crippen LogP contribution in [0.1, 0.15) is 12.5 Å². The van der Waals surface area contributed by atoms with Crippen molar-refractivity contribution in [3.8, 4) is 0 Å². The van der Waals surface area contributed by atoms with Crippen molar-refractivity contribution < 1.29 is 8.78 Å². The van der Waals surface area contributed by atoms with Crippen molar-refractivity contribution in [3.63, 3.8) is 0 Å². The van der Waals surface area contributed by atoms with Crippen LogP contribution >= 0.6 is 0 Å². The van der Waals surface area contributed by atoms with E-state index in [1.165, 1.54) is 12.1 Å². The highest BCUT2D eigenvalue weighted by atomic mass is 19.1. The predicted molar refractivity (Wildman–Crippen MR) is 51.7 cm³/mol. The van der Waals surface area contributed by atoms with Crippen molar-refractivity contribution in [1.82, 2.24) is 5.32 Å². The third kappa shape index (κ3) is 3.05. The molecule has 0 aliphatic carbocycles. The molecule has 0 radical (unpaired) electrons. The zero-order chi connectivity index (χ0) is 10.6. The van der Waals surface area contributed by atoms with Crippen LogP contribution < -0.4 is 11.1 Å². The van der Waals surface area contributed by atoms with Gasteiger partial charge in [-0.15, -0.1) is 0 Å². The molecule has 1 atom stereocenters. The Morgan fingerprint density at radius 1 is 1.43 bits per heavy atom. The molecule has 0 aliphatic heterocycles. The lowest BCUT2D eigenvalue weighted by Crippen LogP contribution is -2.32. The van der Waals surface area contributed by atoms with E-state index in [1.54, 1.807) is 0 Å². The summed E-state index contributed by atoms with van der Waals surface area (Å²) < 4.78 is 25.6. The number of halogens is 2. The molecule has 0 saturated carbocycles. The van der Waals surface area contributed by atoms with Crippen LogP contribution in [0.5, 0.6) is 0 Å². The van der Waals surface area contributed by atoms with E-state index >= 15 is 0 Å². The lowest BCUT2D eigenvalue weighted by molar-refractivity contribution is 0.526. The highest BCUT2D eigenvalue weighted by Crippen LogP contribution is 2.09. The molecule has 0 spiro atoms. The number of hydrogen-bond acceptors (Lipinski definition) is 2. The van der Waals surface area contributed by atoms with E-state index in [0.29, 0.717) is 18.7 Å².